The zero-order valence-corrected chi connectivity index (χ0v) is 12.7. The van der Waals surface area contributed by atoms with Gasteiger partial charge in [0.2, 0.25) is 0 Å². The first-order valence-electron chi connectivity index (χ1n) is 7.30. The van der Waals surface area contributed by atoms with Crippen LogP contribution in [0.25, 0.3) is 0 Å². The molecule has 3 heterocycles. The molecule has 0 aromatic carbocycles. The SMILES string of the molecule is Cc1ccc(C(=O)O)c(N2CCCC3(CN(C)C(=O)O3)C2)n1. The molecule has 1 N–H and O–H groups in total. The van der Waals surface area contributed by atoms with E-state index in [4.69, 9.17) is 4.74 Å². The number of carbonyl (C=O) groups excluding carboxylic acids is 1. The van der Waals surface area contributed by atoms with Crippen LogP contribution in [-0.4, -0.2) is 59.3 Å². The van der Waals surface area contributed by atoms with Gasteiger partial charge in [0, 0.05) is 19.3 Å². The van der Waals surface area contributed by atoms with Crippen molar-refractivity contribution in [3.8, 4) is 0 Å². The number of aromatic carboxylic acids is 1. The molecule has 0 radical (unpaired) electrons. The smallest absolute Gasteiger partial charge is 0.410 e. The summed E-state index contributed by atoms with van der Waals surface area (Å²) in [7, 11) is 1.71. The Hall–Kier alpha value is -2.31. The summed E-state index contributed by atoms with van der Waals surface area (Å²) >= 11 is 0. The summed E-state index contributed by atoms with van der Waals surface area (Å²) in [6.45, 7) is 3.54. The number of hydrogen-bond acceptors (Lipinski definition) is 5. The first kappa shape index (κ1) is 14.6. The lowest BCUT2D eigenvalue weighted by molar-refractivity contribution is 0.0442. The number of aromatic nitrogens is 1. The van der Waals surface area contributed by atoms with Crippen LogP contribution in [0.15, 0.2) is 12.1 Å². The molecule has 1 atom stereocenters. The topological polar surface area (TPSA) is 83.0 Å². The third kappa shape index (κ3) is 2.47. The minimum Gasteiger partial charge on any atom is -0.478 e. The number of piperidine rings is 1. The number of aryl methyl sites for hydroxylation is 1. The molecule has 0 bridgehead atoms. The molecule has 1 amide bonds. The summed E-state index contributed by atoms with van der Waals surface area (Å²) in [5, 5.41) is 9.37. The van der Waals surface area contributed by atoms with Crippen molar-refractivity contribution in [3.63, 3.8) is 0 Å². The molecule has 22 heavy (non-hydrogen) atoms. The average molecular weight is 305 g/mol. The van der Waals surface area contributed by atoms with Crippen LogP contribution in [0.1, 0.15) is 28.9 Å². The molecule has 118 valence electrons. The molecule has 3 rings (SSSR count). The van der Waals surface area contributed by atoms with Crippen molar-refractivity contribution in [1.29, 1.82) is 0 Å². The minimum atomic E-state index is -0.998. The van der Waals surface area contributed by atoms with Crippen LogP contribution in [0.3, 0.4) is 0 Å². The van der Waals surface area contributed by atoms with Gasteiger partial charge in [0.25, 0.3) is 0 Å². The maximum absolute atomic E-state index is 11.7. The van der Waals surface area contributed by atoms with E-state index in [2.05, 4.69) is 4.98 Å². The number of ether oxygens (including phenoxy) is 1. The minimum absolute atomic E-state index is 0.181. The number of carbonyl (C=O) groups is 2. The van der Waals surface area contributed by atoms with Gasteiger partial charge in [-0.2, -0.15) is 0 Å². The standard InChI is InChI=1S/C15H19N3O4/c1-10-4-5-11(13(19)20)12(16-10)18-7-3-6-15(9-18)8-17(2)14(21)22-15/h4-5H,3,6-9H2,1-2H3,(H,19,20). The average Bonchev–Trinajstić information content (AvgIpc) is 2.72. The molecule has 1 spiro atoms. The molecule has 2 aliphatic rings. The van der Waals surface area contributed by atoms with Gasteiger partial charge >= 0.3 is 12.1 Å². The highest BCUT2D eigenvalue weighted by atomic mass is 16.6. The van der Waals surface area contributed by atoms with Gasteiger partial charge in [-0.3, -0.25) is 0 Å². The van der Waals surface area contributed by atoms with Gasteiger partial charge in [0.05, 0.1) is 13.1 Å². The van der Waals surface area contributed by atoms with E-state index in [1.165, 1.54) is 0 Å². The van der Waals surface area contributed by atoms with Crippen LogP contribution in [0, 0.1) is 6.92 Å². The van der Waals surface area contributed by atoms with Crippen LogP contribution in [0.4, 0.5) is 10.6 Å². The molecule has 1 aromatic heterocycles. The molecule has 7 nitrogen and oxygen atoms in total. The van der Waals surface area contributed by atoms with Crippen LogP contribution >= 0.6 is 0 Å². The molecule has 7 heteroatoms. The summed E-state index contributed by atoms with van der Waals surface area (Å²) in [5.41, 5.74) is 0.381. The number of hydrogen-bond donors (Lipinski definition) is 1. The molecule has 1 aromatic rings. The highest BCUT2D eigenvalue weighted by Crippen LogP contribution is 2.34. The normalized spacial score (nSPS) is 24.7. The van der Waals surface area contributed by atoms with Crippen LogP contribution in [-0.2, 0) is 4.74 Å². The quantitative estimate of drug-likeness (QED) is 0.891. The number of carboxylic acid groups (broad SMARTS) is 1. The second kappa shape index (κ2) is 5.15. The molecule has 2 aliphatic heterocycles. The molecule has 2 fully saturated rings. The van der Waals surface area contributed by atoms with Gasteiger partial charge in [-0.25, -0.2) is 14.6 Å². The van der Waals surface area contributed by atoms with Crippen molar-refractivity contribution in [2.45, 2.75) is 25.4 Å². The number of likely N-dealkylation sites (N-methyl/N-ethyl adjacent to an activating group) is 1. The van der Waals surface area contributed by atoms with E-state index in [9.17, 15) is 14.7 Å². The number of amides is 1. The molecular weight excluding hydrogens is 286 g/mol. The monoisotopic (exact) mass is 305 g/mol. The van der Waals surface area contributed by atoms with Gasteiger partial charge < -0.3 is 19.6 Å². The Morgan fingerprint density at radius 3 is 2.82 bits per heavy atom. The van der Waals surface area contributed by atoms with Crippen molar-refractivity contribution < 1.29 is 19.4 Å². The van der Waals surface area contributed by atoms with Crippen LogP contribution in [0.5, 0.6) is 0 Å². The number of rotatable bonds is 2. The lowest BCUT2D eigenvalue weighted by atomic mass is 9.92. The van der Waals surface area contributed by atoms with Crippen molar-refractivity contribution >= 4 is 17.9 Å². The van der Waals surface area contributed by atoms with Crippen LogP contribution in [0.2, 0.25) is 0 Å². The highest BCUT2D eigenvalue weighted by molar-refractivity contribution is 5.93. The Morgan fingerprint density at radius 2 is 2.18 bits per heavy atom. The Labute approximate surface area is 128 Å². The Morgan fingerprint density at radius 1 is 1.41 bits per heavy atom. The predicted molar refractivity (Wildman–Crippen MR) is 79.2 cm³/mol. The van der Waals surface area contributed by atoms with E-state index in [0.29, 0.717) is 25.5 Å². The van der Waals surface area contributed by atoms with E-state index in [1.54, 1.807) is 24.1 Å². The Kier molecular flexibility index (Phi) is 3.42. The van der Waals surface area contributed by atoms with Crippen molar-refractivity contribution in [3.05, 3.63) is 23.4 Å². The summed E-state index contributed by atoms with van der Waals surface area (Å²) in [5.74, 6) is -0.542. The summed E-state index contributed by atoms with van der Waals surface area (Å²) < 4.78 is 5.55. The first-order valence-corrected chi connectivity index (χ1v) is 7.30. The first-order chi connectivity index (χ1) is 10.4. The fourth-order valence-corrected chi connectivity index (χ4v) is 3.23. The predicted octanol–water partition coefficient (Wildman–Crippen LogP) is 1.51. The second-order valence-corrected chi connectivity index (χ2v) is 6.06. The lowest BCUT2D eigenvalue weighted by Crippen LogP contribution is -2.51. The highest BCUT2D eigenvalue weighted by Gasteiger charge is 2.47. The zero-order valence-electron chi connectivity index (χ0n) is 12.7. The summed E-state index contributed by atoms with van der Waals surface area (Å²) in [6.07, 6.45) is 1.29. The maximum Gasteiger partial charge on any atom is 0.410 e. The fraction of sp³-hybridized carbons (Fsp3) is 0.533. The van der Waals surface area contributed by atoms with Gasteiger partial charge in [-0.15, -0.1) is 0 Å². The summed E-state index contributed by atoms with van der Waals surface area (Å²) in [4.78, 5) is 31.0. The number of carboxylic acids is 1. The largest absolute Gasteiger partial charge is 0.478 e. The molecular formula is C15H19N3O4. The zero-order chi connectivity index (χ0) is 15.9. The third-order valence-electron chi connectivity index (χ3n) is 4.22. The van der Waals surface area contributed by atoms with Gasteiger partial charge in [0.15, 0.2) is 0 Å². The maximum atomic E-state index is 11.7. The molecule has 1 unspecified atom stereocenters. The second-order valence-electron chi connectivity index (χ2n) is 6.06. The van der Waals surface area contributed by atoms with Crippen molar-refractivity contribution in [2.75, 3.05) is 31.6 Å². The molecule has 0 aliphatic carbocycles. The van der Waals surface area contributed by atoms with E-state index < -0.39 is 11.6 Å². The van der Waals surface area contributed by atoms with Gasteiger partial charge in [0.1, 0.15) is 17.0 Å². The van der Waals surface area contributed by atoms with E-state index in [0.717, 1.165) is 18.5 Å². The van der Waals surface area contributed by atoms with Gasteiger partial charge in [-0.1, -0.05) is 0 Å². The van der Waals surface area contributed by atoms with Crippen molar-refractivity contribution in [2.24, 2.45) is 0 Å². The van der Waals surface area contributed by atoms with Crippen LogP contribution < -0.4 is 4.90 Å². The Bertz CT molecular complexity index is 633. The third-order valence-corrected chi connectivity index (χ3v) is 4.22. The van der Waals surface area contributed by atoms with Crippen molar-refractivity contribution in [1.82, 2.24) is 9.88 Å². The van der Waals surface area contributed by atoms with E-state index >= 15 is 0 Å². The number of anilines is 1. The number of pyridine rings is 1. The molecule has 2 saturated heterocycles. The summed E-state index contributed by atoms with van der Waals surface area (Å²) in [6, 6.07) is 3.27. The fourth-order valence-electron chi connectivity index (χ4n) is 3.23. The number of nitrogens with zero attached hydrogens (tertiary/aromatic N) is 3. The van der Waals surface area contributed by atoms with E-state index in [-0.39, 0.29) is 11.7 Å². The molecule has 0 saturated carbocycles. The van der Waals surface area contributed by atoms with E-state index in [1.807, 2.05) is 11.8 Å². The lowest BCUT2D eigenvalue weighted by Gasteiger charge is -2.39. The Balaban J connectivity index is 1.91. The van der Waals surface area contributed by atoms with Gasteiger partial charge in [-0.05, 0) is 31.9 Å².